The minimum atomic E-state index is -1.02. The van der Waals surface area contributed by atoms with Gasteiger partial charge in [-0.3, -0.25) is 0 Å². The summed E-state index contributed by atoms with van der Waals surface area (Å²) in [7, 11) is 1.50. The Morgan fingerprint density at radius 1 is 1.19 bits per heavy atom. The number of aromatic amines is 1. The van der Waals surface area contributed by atoms with Gasteiger partial charge in [0.2, 0.25) is 0 Å². The molecule has 3 rings (SSSR count). The summed E-state index contributed by atoms with van der Waals surface area (Å²) >= 11 is 0. The maximum atomic E-state index is 11.4. The largest absolute Gasteiger partial charge is 0.508 e. The molecular formula is C16H13NO4. The van der Waals surface area contributed by atoms with E-state index in [9.17, 15) is 15.0 Å². The first kappa shape index (κ1) is 13.1. The summed E-state index contributed by atoms with van der Waals surface area (Å²) in [5.41, 5.74) is 2.09. The van der Waals surface area contributed by atoms with E-state index in [1.165, 1.54) is 13.2 Å². The number of carboxylic acid groups (broad SMARTS) is 1. The predicted molar refractivity (Wildman–Crippen MR) is 78.9 cm³/mol. The van der Waals surface area contributed by atoms with Crippen molar-refractivity contribution in [3.63, 3.8) is 0 Å². The van der Waals surface area contributed by atoms with Crippen LogP contribution in [-0.4, -0.2) is 28.3 Å². The van der Waals surface area contributed by atoms with Crippen LogP contribution in [0.2, 0.25) is 0 Å². The first-order valence-electron chi connectivity index (χ1n) is 6.32. The van der Waals surface area contributed by atoms with Crippen molar-refractivity contribution in [2.75, 3.05) is 7.11 Å². The van der Waals surface area contributed by atoms with Crippen LogP contribution in [0.3, 0.4) is 0 Å². The summed E-state index contributed by atoms with van der Waals surface area (Å²) in [4.78, 5) is 14.6. The molecule has 106 valence electrons. The van der Waals surface area contributed by atoms with Gasteiger partial charge < -0.3 is 19.9 Å². The summed E-state index contributed by atoms with van der Waals surface area (Å²) in [5.74, 6) is -0.386. The number of phenols is 1. The number of nitrogens with one attached hydrogen (secondary N) is 1. The fourth-order valence-corrected chi connectivity index (χ4v) is 2.41. The number of benzene rings is 2. The molecule has 0 radical (unpaired) electrons. The minimum absolute atomic E-state index is 0.158. The van der Waals surface area contributed by atoms with Gasteiger partial charge in [0.1, 0.15) is 11.5 Å². The Hall–Kier alpha value is -2.95. The molecule has 0 amide bonds. The Morgan fingerprint density at radius 3 is 2.71 bits per heavy atom. The first-order valence-corrected chi connectivity index (χ1v) is 6.32. The molecule has 0 atom stereocenters. The van der Waals surface area contributed by atoms with Crippen molar-refractivity contribution in [2.24, 2.45) is 0 Å². The number of hydrogen-bond acceptors (Lipinski definition) is 3. The maximum Gasteiger partial charge on any atom is 0.336 e. The smallest absolute Gasteiger partial charge is 0.336 e. The fraction of sp³-hybridized carbons (Fsp3) is 0.0625. The molecule has 0 bridgehead atoms. The van der Waals surface area contributed by atoms with E-state index in [-0.39, 0.29) is 11.3 Å². The van der Waals surface area contributed by atoms with Gasteiger partial charge in [-0.15, -0.1) is 0 Å². The van der Waals surface area contributed by atoms with Crippen LogP contribution in [0, 0.1) is 0 Å². The summed E-state index contributed by atoms with van der Waals surface area (Å²) in [5, 5.41) is 19.7. The summed E-state index contributed by atoms with van der Waals surface area (Å²) in [6.45, 7) is 0. The van der Waals surface area contributed by atoms with Gasteiger partial charge in [-0.1, -0.05) is 6.07 Å². The molecule has 0 spiro atoms. The van der Waals surface area contributed by atoms with Crippen LogP contribution in [0.5, 0.6) is 11.5 Å². The molecule has 0 unspecified atom stereocenters. The second-order valence-electron chi connectivity index (χ2n) is 4.64. The van der Waals surface area contributed by atoms with Crippen LogP contribution in [0.1, 0.15) is 10.4 Å². The van der Waals surface area contributed by atoms with Gasteiger partial charge >= 0.3 is 5.97 Å². The molecule has 0 aliphatic carbocycles. The number of phenolic OH excluding ortho intramolecular Hbond substituents is 1. The summed E-state index contributed by atoms with van der Waals surface area (Å²) in [6.07, 6.45) is 0. The van der Waals surface area contributed by atoms with Gasteiger partial charge in [0.05, 0.1) is 23.9 Å². The van der Waals surface area contributed by atoms with Crippen molar-refractivity contribution in [3.8, 4) is 22.8 Å². The third kappa shape index (κ3) is 2.18. The molecule has 0 aliphatic rings. The van der Waals surface area contributed by atoms with E-state index < -0.39 is 5.97 Å². The number of fused-ring (bicyclic) bond motifs is 1. The Morgan fingerprint density at radius 2 is 2.00 bits per heavy atom. The lowest BCUT2D eigenvalue weighted by Gasteiger charge is -2.09. The number of methoxy groups -OCH3 is 1. The van der Waals surface area contributed by atoms with E-state index in [1.807, 2.05) is 0 Å². The van der Waals surface area contributed by atoms with E-state index in [4.69, 9.17) is 4.74 Å². The normalized spacial score (nSPS) is 10.7. The lowest BCUT2D eigenvalue weighted by Crippen LogP contribution is -2.01. The molecule has 5 heteroatoms. The van der Waals surface area contributed by atoms with Crippen LogP contribution in [0.4, 0.5) is 0 Å². The van der Waals surface area contributed by atoms with Gasteiger partial charge in [-0.2, -0.15) is 0 Å². The Balaban J connectivity index is 2.28. The highest BCUT2D eigenvalue weighted by atomic mass is 16.5. The van der Waals surface area contributed by atoms with E-state index >= 15 is 0 Å². The lowest BCUT2D eigenvalue weighted by molar-refractivity contribution is 0.0697. The number of rotatable bonds is 3. The summed E-state index contributed by atoms with van der Waals surface area (Å²) < 4.78 is 5.28. The first-order chi connectivity index (χ1) is 10.1. The Kier molecular flexibility index (Phi) is 3.02. The predicted octanol–water partition coefficient (Wildman–Crippen LogP) is 3.25. The molecule has 0 saturated carbocycles. The number of aromatic carboxylic acids is 1. The van der Waals surface area contributed by atoms with Gasteiger partial charge in [-0.25, -0.2) is 4.79 Å². The topological polar surface area (TPSA) is 82.6 Å². The maximum absolute atomic E-state index is 11.4. The third-order valence-corrected chi connectivity index (χ3v) is 3.35. The van der Waals surface area contributed by atoms with Crippen molar-refractivity contribution in [1.82, 2.24) is 4.98 Å². The molecular weight excluding hydrogens is 270 g/mol. The SMILES string of the molecule is COc1cccc(C(=O)O)c1-c1cc2cc(O)ccc2[nH]1. The average Bonchev–Trinajstić information content (AvgIpc) is 2.88. The van der Waals surface area contributed by atoms with E-state index in [0.717, 1.165) is 10.9 Å². The molecule has 3 aromatic rings. The van der Waals surface area contributed by atoms with Crippen molar-refractivity contribution in [2.45, 2.75) is 0 Å². The van der Waals surface area contributed by atoms with E-state index in [1.54, 1.807) is 36.4 Å². The second kappa shape index (κ2) is 4.86. The van der Waals surface area contributed by atoms with Crippen molar-refractivity contribution < 1.29 is 19.7 Å². The van der Waals surface area contributed by atoms with Crippen LogP contribution in [-0.2, 0) is 0 Å². The number of H-pyrrole nitrogens is 1. The number of carboxylic acids is 1. The van der Waals surface area contributed by atoms with Crippen molar-refractivity contribution in [1.29, 1.82) is 0 Å². The molecule has 5 nitrogen and oxygen atoms in total. The Bertz CT molecular complexity index is 835. The number of hydrogen-bond donors (Lipinski definition) is 3. The fourth-order valence-electron chi connectivity index (χ4n) is 2.41. The van der Waals surface area contributed by atoms with Crippen molar-refractivity contribution in [3.05, 3.63) is 48.0 Å². The van der Waals surface area contributed by atoms with E-state index in [0.29, 0.717) is 17.0 Å². The molecule has 1 aromatic heterocycles. The zero-order valence-electron chi connectivity index (χ0n) is 11.3. The second-order valence-corrected chi connectivity index (χ2v) is 4.64. The van der Waals surface area contributed by atoms with Crippen LogP contribution >= 0.6 is 0 Å². The average molecular weight is 283 g/mol. The molecule has 0 fully saturated rings. The molecule has 3 N–H and O–H groups in total. The third-order valence-electron chi connectivity index (χ3n) is 3.35. The number of aromatic hydroxyl groups is 1. The minimum Gasteiger partial charge on any atom is -0.508 e. The molecule has 2 aromatic carbocycles. The lowest BCUT2D eigenvalue weighted by atomic mass is 10.0. The van der Waals surface area contributed by atoms with Gasteiger partial charge in [0, 0.05) is 10.9 Å². The van der Waals surface area contributed by atoms with E-state index in [2.05, 4.69) is 4.98 Å². The van der Waals surface area contributed by atoms with Crippen LogP contribution in [0.15, 0.2) is 42.5 Å². The zero-order valence-corrected chi connectivity index (χ0v) is 11.3. The van der Waals surface area contributed by atoms with Crippen LogP contribution < -0.4 is 4.74 Å². The number of carbonyl (C=O) groups is 1. The molecule has 0 aliphatic heterocycles. The molecule has 0 saturated heterocycles. The van der Waals surface area contributed by atoms with Gasteiger partial charge in [0.25, 0.3) is 0 Å². The quantitative estimate of drug-likeness (QED) is 0.689. The van der Waals surface area contributed by atoms with Crippen LogP contribution in [0.25, 0.3) is 22.2 Å². The monoisotopic (exact) mass is 283 g/mol. The molecule has 21 heavy (non-hydrogen) atoms. The number of ether oxygens (including phenoxy) is 1. The Labute approximate surface area is 120 Å². The van der Waals surface area contributed by atoms with Gasteiger partial charge in [0.15, 0.2) is 0 Å². The highest BCUT2D eigenvalue weighted by Crippen LogP contribution is 2.35. The zero-order chi connectivity index (χ0) is 15.0. The highest BCUT2D eigenvalue weighted by molar-refractivity contribution is 5.99. The van der Waals surface area contributed by atoms with Crippen molar-refractivity contribution >= 4 is 16.9 Å². The van der Waals surface area contributed by atoms with Gasteiger partial charge in [-0.05, 0) is 36.4 Å². The highest BCUT2D eigenvalue weighted by Gasteiger charge is 2.18. The number of aromatic nitrogens is 1. The standard InChI is InChI=1S/C16H13NO4/c1-21-14-4-2-3-11(16(19)20)15(14)13-8-9-7-10(18)5-6-12(9)17-13/h2-8,17-18H,1H3,(H,19,20). The molecule has 1 heterocycles. The summed E-state index contributed by atoms with van der Waals surface area (Å²) in [6, 6.07) is 11.6.